The normalized spacial score (nSPS) is 29.9. The molecule has 9 heteroatoms. The van der Waals surface area contributed by atoms with Crippen LogP contribution in [0, 0.1) is 24.7 Å². The Morgan fingerprint density at radius 1 is 1.21 bits per heavy atom. The van der Waals surface area contributed by atoms with Gasteiger partial charge in [0.05, 0.1) is 17.1 Å². The molecule has 3 heterocycles. The van der Waals surface area contributed by atoms with Crippen molar-refractivity contribution in [2.75, 3.05) is 32.8 Å². The smallest absolute Gasteiger partial charge is 0.433 e. The van der Waals surface area contributed by atoms with Gasteiger partial charge in [-0.1, -0.05) is 0 Å². The zero-order valence-corrected chi connectivity index (χ0v) is 17.4. The molecular formula is C20H28F3N3O2S. The van der Waals surface area contributed by atoms with Gasteiger partial charge in [-0.3, -0.25) is 0 Å². The average Bonchev–Trinajstić information content (AvgIpc) is 3.24. The van der Waals surface area contributed by atoms with E-state index in [2.05, 4.69) is 10.3 Å². The molecule has 162 valence electrons. The minimum Gasteiger partial charge on any atom is -0.593 e. The number of pyridine rings is 1. The molecule has 0 spiro atoms. The van der Waals surface area contributed by atoms with Crippen LogP contribution < -0.4 is 5.32 Å². The Hall–Kier alpha value is -0.870. The lowest BCUT2D eigenvalue weighted by Crippen LogP contribution is -2.36. The van der Waals surface area contributed by atoms with Gasteiger partial charge in [-0.15, -0.1) is 4.31 Å². The third kappa shape index (κ3) is 4.90. The zero-order valence-electron chi connectivity index (χ0n) is 16.6. The van der Waals surface area contributed by atoms with Gasteiger partial charge in [0.1, 0.15) is 5.69 Å². The Balaban J connectivity index is 1.30. The number of alkyl halides is 3. The minimum absolute atomic E-state index is 0.186. The predicted octanol–water partition coefficient (Wildman–Crippen LogP) is 3.16. The number of fused-ring (bicyclic) bond motifs is 1. The van der Waals surface area contributed by atoms with Crippen LogP contribution in [0.4, 0.5) is 13.2 Å². The van der Waals surface area contributed by atoms with Gasteiger partial charge in [0, 0.05) is 32.3 Å². The van der Waals surface area contributed by atoms with Crippen molar-refractivity contribution in [3.8, 4) is 0 Å². The quantitative estimate of drug-likeness (QED) is 0.726. The number of nitrogens with zero attached hydrogens (tertiary/aromatic N) is 2. The molecule has 3 fully saturated rings. The molecule has 29 heavy (non-hydrogen) atoms. The first-order valence-corrected chi connectivity index (χ1v) is 11.4. The number of hydrogen-bond acceptors (Lipinski definition) is 5. The van der Waals surface area contributed by atoms with Gasteiger partial charge in [-0.05, 0) is 69.0 Å². The van der Waals surface area contributed by atoms with Crippen molar-refractivity contribution >= 4 is 11.4 Å². The van der Waals surface area contributed by atoms with Crippen molar-refractivity contribution in [3.05, 3.63) is 23.5 Å². The van der Waals surface area contributed by atoms with Crippen molar-refractivity contribution < 1.29 is 22.5 Å². The van der Waals surface area contributed by atoms with Gasteiger partial charge >= 0.3 is 6.18 Å². The molecule has 4 rings (SSSR count). The Bertz CT molecular complexity index is 701. The maximum Gasteiger partial charge on any atom is 0.433 e. The van der Waals surface area contributed by atoms with Crippen LogP contribution in [-0.2, 0) is 22.3 Å². The van der Waals surface area contributed by atoms with Crippen LogP contribution >= 0.6 is 0 Å². The highest BCUT2D eigenvalue weighted by Gasteiger charge is 2.45. The molecule has 3 aliphatic rings. The van der Waals surface area contributed by atoms with Crippen molar-refractivity contribution in [2.24, 2.45) is 17.8 Å². The van der Waals surface area contributed by atoms with Gasteiger partial charge in [0.25, 0.3) is 0 Å². The topological polar surface area (TPSA) is 60.5 Å². The number of halogens is 3. The van der Waals surface area contributed by atoms with Crippen LogP contribution in [0.2, 0.25) is 0 Å². The lowest BCUT2D eigenvalue weighted by atomic mass is 10.00. The first-order valence-electron chi connectivity index (χ1n) is 10.3. The summed E-state index contributed by atoms with van der Waals surface area (Å²) in [5, 5.41) is 3.72. The molecule has 3 unspecified atom stereocenters. The van der Waals surface area contributed by atoms with E-state index >= 15 is 0 Å². The van der Waals surface area contributed by atoms with Gasteiger partial charge in [-0.2, -0.15) is 13.2 Å². The van der Waals surface area contributed by atoms with E-state index in [0.717, 1.165) is 64.6 Å². The van der Waals surface area contributed by atoms with Crippen LogP contribution in [0.3, 0.4) is 0 Å². The van der Waals surface area contributed by atoms with Gasteiger partial charge in [0.2, 0.25) is 0 Å². The van der Waals surface area contributed by atoms with E-state index in [1.165, 1.54) is 13.0 Å². The molecule has 0 radical (unpaired) electrons. The summed E-state index contributed by atoms with van der Waals surface area (Å²) in [7, 11) is 0. The summed E-state index contributed by atoms with van der Waals surface area (Å²) < 4.78 is 58.7. The summed E-state index contributed by atoms with van der Waals surface area (Å²) in [5.41, 5.74) is -0.751. The summed E-state index contributed by atoms with van der Waals surface area (Å²) in [6.45, 7) is 5.72. The van der Waals surface area contributed by atoms with Gasteiger partial charge in [-0.25, -0.2) is 4.98 Å². The maximum absolute atomic E-state index is 13.0. The van der Waals surface area contributed by atoms with E-state index in [1.54, 1.807) is 0 Å². The molecule has 1 saturated carbocycles. The van der Waals surface area contributed by atoms with E-state index in [4.69, 9.17) is 4.74 Å². The molecular weight excluding hydrogens is 403 g/mol. The SMILES string of the molecule is Cc1nc(C(F)(F)F)ccc1[S+]([O-])N1CC2CC(NCC3CCOCC3)CC2C1. The molecule has 3 atom stereocenters. The summed E-state index contributed by atoms with van der Waals surface area (Å²) >= 11 is -1.46. The lowest BCUT2D eigenvalue weighted by molar-refractivity contribution is -0.141. The van der Waals surface area contributed by atoms with Gasteiger partial charge in [0.15, 0.2) is 4.90 Å². The van der Waals surface area contributed by atoms with Crippen LogP contribution in [0.1, 0.15) is 37.1 Å². The zero-order chi connectivity index (χ0) is 20.6. The summed E-state index contributed by atoms with van der Waals surface area (Å²) in [5.74, 6) is 1.69. The number of rotatable bonds is 5. The van der Waals surface area contributed by atoms with E-state index in [0.29, 0.717) is 28.7 Å². The molecule has 0 bridgehead atoms. The number of nitrogens with one attached hydrogen (secondary N) is 1. The third-order valence-electron chi connectivity index (χ3n) is 6.50. The molecule has 1 aliphatic carbocycles. The number of aromatic nitrogens is 1. The molecule has 5 nitrogen and oxygen atoms in total. The Kier molecular flexibility index (Phi) is 6.41. The molecule has 0 aromatic carbocycles. The first-order chi connectivity index (χ1) is 13.8. The number of ether oxygens (including phenoxy) is 1. The van der Waals surface area contributed by atoms with Crippen LogP contribution in [0.5, 0.6) is 0 Å². The Morgan fingerprint density at radius 2 is 1.86 bits per heavy atom. The van der Waals surface area contributed by atoms with Crippen molar-refractivity contribution in [1.82, 2.24) is 14.6 Å². The first kappa shape index (κ1) is 21.4. The Labute approximate surface area is 172 Å². The molecule has 0 amide bonds. The summed E-state index contributed by atoms with van der Waals surface area (Å²) in [4.78, 5) is 4.01. The second kappa shape index (κ2) is 8.70. The fourth-order valence-corrected chi connectivity index (χ4v) is 6.29. The van der Waals surface area contributed by atoms with E-state index in [9.17, 15) is 17.7 Å². The molecule has 2 aliphatic heterocycles. The largest absolute Gasteiger partial charge is 0.593 e. The Morgan fingerprint density at radius 3 is 2.45 bits per heavy atom. The number of aryl methyl sites for hydroxylation is 1. The lowest BCUT2D eigenvalue weighted by Gasteiger charge is -2.25. The van der Waals surface area contributed by atoms with Gasteiger partial charge < -0.3 is 14.6 Å². The van der Waals surface area contributed by atoms with Crippen molar-refractivity contribution in [2.45, 2.75) is 49.7 Å². The second-order valence-electron chi connectivity index (χ2n) is 8.53. The van der Waals surface area contributed by atoms with Crippen molar-refractivity contribution in [1.29, 1.82) is 0 Å². The number of hydrogen-bond donors (Lipinski definition) is 1. The monoisotopic (exact) mass is 431 g/mol. The van der Waals surface area contributed by atoms with Crippen LogP contribution in [0.15, 0.2) is 17.0 Å². The van der Waals surface area contributed by atoms with Crippen LogP contribution in [-0.4, -0.2) is 52.7 Å². The average molecular weight is 432 g/mol. The highest BCUT2D eigenvalue weighted by atomic mass is 32.2. The summed E-state index contributed by atoms with van der Waals surface area (Å²) in [6, 6.07) is 2.75. The molecule has 1 aromatic heterocycles. The maximum atomic E-state index is 13.0. The third-order valence-corrected chi connectivity index (χ3v) is 8.08. The predicted molar refractivity (Wildman–Crippen MR) is 104 cm³/mol. The highest BCUT2D eigenvalue weighted by molar-refractivity contribution is 7.89. The van der Waals surface area contributed by atoms with Crippen LogP contribution in [0.25, 0.3) is 0 Å². The standard InChI is InChI=1S/C20H28F3N3O2S/c1-13-18(2-3-19(25-13)20(21,22)23)29(27)26-11-15-8-17(9-16(15)12-26)24-10-14-4-6-28-7-5-14/h2-3,14-17,24H,4-12H2,1H3. The molecule has 1 aromatic rings. The second-order valence-corrected chi connectivity index (χ2v) is 9.98. The molecule has 1 N–H and O–H groups in total. The minimum atomic E-state index is -4.48. The van der Waals surface area contributed by atoms with Crippen molar-refractivity contribution in [3.63, 3.8) is 0 Å². The van der Waals surface area contributed by atoms with E-state index in [-0.39, 0.29) is 5.69 Å². The van der Waals surface area contributed by atoms with E-state index < -0.39 is 23.2 Å². The summed E-state index contributed by atoms with van der Waals surface area (Å²) in [6.07, 6.45) is -0.0839. The fourth-order valence-electron chi connectivity index (χ4n) is 4.87. The molecule has 2 saturated heterocycles. The highest BCUT2D eigenvalue weighted by Crippen LogP contribution is 2.40. The fraction of sp³-hybridized carbons (Fsp3) is 0.750. The van der Waals surface area contributed by atoms with E-state index in [1.807, 2.05) is 4.31 Å².